The molecule has 0 aliphatic heterocycles. The zero-order valence-electron chi connectivity index (χ0n) is 17.2. The summed E-state index contributed by atoms with van der Waals surface area (Å²) in [5.74, 6) is -0.229. The molecule has 3 aromatic rings. The van der Waals surface area contributed by atoms with Crippen molar-refractivity contribution in [2.24, 2.45) is 0 Å². The Balaban J connectivity index is 1.67. The van der Waals surface area contributed by atoms with Gasteiger partial charge < -0.3 is 10.2 Å². The van der Waals surface area contributed by atoms with Gasteiger partial charge in [-0.25, -0.2) is 0 Å². The normalized spacial score (nSPS) is 11.5. The summed E-state index contributed by atoms with van der Waals surface area (Å²) in [4.78, 5) is 31.8. The molecule has 2 aromatic carbocycles. The number of nitrogens with one attached hydrogen (secondary N) is 1. The van der Waals surface area contributed by atoms with Crippen LogP contribution >= 0.6 is 0 Å². The summed E-state index contributed by atoms with van der Waals surface area (Å²) in [6, 6.07) is 24.7. The fourth-order valence-electron chi connectivity index (χ4n) is 3.23. The number of nitrogens with zero attached hydrogens (tertiary/aromatic N) is 2. The number of aryl methyl sites for hydroxylation is 1. The predicted molar refractivity (Wildman–Crippen MR) is 117 cm³/mol. The van der Waals surface area contributed by atoms with E-state index in [1.165, 1.54) is 0 Å². The summed E-state index contributed by atoms with van der Waals surface area (Å²) in [7, 11) is 0. The van der Waals surface area contributed by atoms with Crippen LogP contribution in [0.1, 0.15) is 30.2 Å². The van der Waals surface area contributed by atoms with E-state index in [0.29, 0.717) is 25.9 Å². The van der Waals surface area contributed by atoms with Gasteiger partial charge in [-0.2, -0.15) is 0 Å². The van der Waals surface area contributed by atoms with Crippen LogP contribution in [0.2, 0.25) is 0 Å². The highest BCUT2D eigenvalue weighted by atomic mass is 16.2. The highest BCUT2D eigenvalue weighted by Gasteiger charge is 2.25. The third-order valence-electron chi connectivity index (χ3n) is 5.00. The number of hydrogen-bond acceptors (Lipinski definition) is 3. The molecule has 2 amide bonds. The van der Waals surface area contributed by atoms with Crippen LogP contribution in [0.4, 0.5) is 0 Å². The average molecular weight is 402 g/mol. The molecule has 0 bridgehead atoms. The smallest absolute Gasteiger partial charge is 0.242 e. The first-order valence-electron chi connectivity index (χ1n) is 10.2. The molecular formula is C25H27N3O2. The first-order valence-corrected chi connectivity index (χ1v) is 10.2. The number of rotatable bonds is 9. The molecule has 1 aromatic heterocycles. The van der Waals surface area contributed by atoms with Gasteiger partial charge in [-0.15, -0.1) is 0 Å². The Morgan fingerprint density at radius 2 is 1.53 bits per heavy atom. The lowest BCUT2D eigenvalue weighted by atomic mass is 10.1. The van der Waals surface area contributed by atoms with Gasteiger partial charge in [-0.1, -0.05) is 66.7 Å². The molecule has 0 saturated heterocycles. The molecule has 1 atom stereocenters. The van der Waals surface area contributed by atoms with E-state index >= 15 is 0 Å². The van der Waals surface area contributed by atoms with Crippen molar-refractivity contribution in [2.45, 2.75) is 38.9 Å². The summed E-state index contributed by atoms with van der Waals surface area (Å²) < 4.78 is 0. The highest BCUT2D eigenvalue weighted by Crippen LogP contribution is 2.13. The molecule has 3 rings (SSSR count). The Morgan fingerprint density at radius 1 is 0.900 bits per heavy atom. The van der Waals surface area contributed by atoms with Crippen LogP contribution in [0.25, 0.3) is 0 Å². The van der Waals surface area contributed by atoms with E-state index in [2.05, 4.69) is 10.3 Å². The standard InChI is InChI=1S/C25H27N3O2/c1-20(25(30)27-18-23-14-8-9-17-26-23)28(19-22-12-6-3-7-13-22)24(29)16-15-21-10-4-2-5-11-21/h2-14,17,20H,15-16,18-19H2,1H3,(H,27,30)/t20-/m0/s1. The van der Waals surface area contributed by atoms with Crippen LogP contribution in [-0.4, -0.2) is 27.7 Å². The fraction of sp³-hybridized carbons (Fsp3) is 0.240. The molecule has 0 spiro atoms. The summed E-state index contributed by atoms with van der Waals surface area (Å²) >= 11 is 0. The SMILES string of the molecule is C[C@@H](C(=O)NCc1ccccn1)N(Cc1ccccc1)C(=O)CCc1ccccc1. The third kappa shape index (κ3) is 6.27. The van der Waals surface area contributed by atoms with Crippen LogP contribution in [0.15, 0.2) is 85.1 Å². The Labute approximate surface area is 177 Å². The van der Waals surface area contributed by atoms with Crippen molar-refractivity contribution in [1.29, 1.82) is 0 Å². The maximum absolute atomic E-state index is 13.1. The van der Waals surface area contributed by atoms with Gasteiger partial charge in [0.2, 0.25) is 11.8 Å². The van der Waals surface area contributed by atoms with Gasteiger partial charge in [-0.3, -0.25) is 14.6 Å². The number of benzene rings is 2. The number of hydrogen-bond donors (Lipinski definition) is 1. The van der Waals surface area contributed by atoms with Crippen molar-refractivity contribution >= 4 is 11.8 Å². The molecule has 154 valence electrons. The predicted octanol–water partition coefficient (Wildman–Crippen LogP) is 3.75. The van der Waals surface area contributed by atoms with E-state index in [0.717, 1.165) is 16.8 Å². The minimum atomic E-state index is -0.586. The first-order chi connectivity index (χ1) is 14.6. The summed E-state index contributed by atoms with van der Waals surface area (Å²) in [5.41, 5.74) is 2.88. The van der Waals surface area contributed by atoms with Crippen molar-refractivity contribution < 1.29 is 9.59 Å². The number of pyridine rings is 1. The van der Waals surface area contributed by atoms with Crippen molar-refractivity contribution in [3.05, 3.63) is 102 Å². The average Bonchev–Trinajstić information content (AvgIpc) is 2.81. The van der Waals surface area contributed by atoms with Gasteiger partial charge in [0.1, 0.15) is 6.04 Å². The molecule has 5 heteroatoms. The van der Waals surface area contributed by atoms with Crippen molar-refractivity contribution in [3.63, 3.8) is 0 Å². The fourth-order valence-corrected chi connectivity index (χ4v) is 3.23. The number of carbonyl (C=O) groups is 2. The van der Waals surface area contributed by atoms with Crippen LogP contribution in [-0.2, 0) is 29.1 Å². The van der Waals surface area contributed by atoms with E-state index in [1.807, 2.05) is 78.9 Å². The molecular weight excluding hydrogens is 374 g/mol. The molecule has 0 radical (unpaired) electrons. The molecule has 5 nitrogen and oxygen atoms in total. The topological polar surface area (TPSA) is 62.3 Å². The lowest BCUT2D eigenvalue weighted by Gasteiger charge is -2.29. The number of amides is 2. The molecule has 0 unspecified atom stereocenters. The van der Waals surface area contributed by atoms with Gasteiger partial charge in [-0.05, 0) is 36.6 Å². The Hall–Kier alpha value is -3.47. The Morgan fingerprint density at radius 3 is 2.17 bits per heavy atom. The Kier molecular flexibility index (Phi) is 7.72. The largest absolute Gasteiger partial charge is 0.349 e. The zero-order valence-corrected chi connectivity index (χ0v) is 17.2. The van der Waals surface area contributed by atoms with Gasteiger partial charge >= 0.3 is 0 Å². The Bertz CT molecular complexity index is 930. The molecule has 0 aliphatic carbocycles. The minimum Gasteiger partial charge on any atom is -0.349 e. The molecule has 0 saturated carbocycles. The molecule has 0 fully saturated rings. The van der Waals surface area contributed by atoms with E-state index in [4.69, 9.17) is 0 Å². The zero-order chi connectivity index (χ0) is 21.2. The second-order valence-electron chi connectivity index (χ2n) is 7.21. The second kappa shape index (κ2) is 10.9. The van der Waals surface area contributed by atoms with Crippen LogP contribution in [0.5, 0.6) is 0 Å². The summed E-state index contributed by atoms with van der Waals surface area (Å²) in [6.45, 7) is 2.51. The molecule has 30 heavy (non-hydrogen) atoms. The lowest BCUT2D eigenvalue weighted by Crippen LogP contribution is -2.47. The van der Waals surface area contributed by atoms with Crippen LogP contribution < -0.4 is 5.32 Å². The van der Waals surface area contributed by atoms with E-state index in [9.17, 15) is 9.59 Å². The van der Waals surface area contributed by atoms with E-state index < -0.39 is 6.04 Å². The van der Waals surface area contributed by atoms with Crippen molar-refractivity contribution in [3.8, 4) is 0 Å². The van der Waals surface area contributed by atoms with Crippen LogP contribution in [0.3, 0.4) is 0 Å². The molecule has 0 aliphatic rings. The third-order valence-corrected chi connectivity index (χ3v) is 5.00. The summed E-state index contributed by atoms with van der Waals surface area (Å²) in [5, 5.41) is 2.90. The molecule has 1 heterocycles. The number of aromatic nitrogens is 1. The quantitative estimate of drug-likeness (QED) is 0.594. The lowest BCUT2D eigenvalue weighted by molar-refractivity contribution is -0.140. The minimum absolute atomic E-state index is 0.0387. The monoisotopic (exact) mass is 401 g/mol. The summed E-state index contributed by atoms with van der Waals surface area (Å²) in [6.07, 6.45) is 2.70. The maximum Gasteiger partial charge on any atom is 0.242 e. The molecule has 1 N–H and O–H groups in total. The van der Waals surface area contributed by atoms with Gasteiger partial charge in [0.05, 0.1) is 12.2 Å². The number of carbonyl (C=O) groups excluding carboxylic acids is 2. The second-order valence-corrected chi connectivity index (χ2v) is 7.21. The van der Waals surface area contributed by atoms with Gasteiger partial charge in [0, 0.05) is 19.2 Å². The first kappa shape index (κ1) is 21.2. The van der Waals surface area contributed by atoms with Crippen molar-refractivity contribution in [2.75, 3.05) is 0 Å². The van der Waals surface area contributed by atoms with E-state index in [-0.39, 0.29) is 11.8 Å². The van der Waals surface area contributed by atoms with Gasteiger partial charge in [0.15, 0.2) is 0 Å². The van der Waals surface area contributed by atoms with Crippen LogP contribution in [0, 0.1) is 0 Å². The van der Waals surface area contributed by atoms with Crippen molar-refractivity contribution in [1.82, 2.24) is 15.2 Å². The highest BCUT2D eigenvalue weighted by molar-refractivity contribution is 5.87. The maximum atomic E-state index is 13.1. The van der Waals surface area contributed by atoms with E-state index in [1.54, 1.807) is 18.0 Å². The van der Waals surface area contributed by atoms with Gasteiger partial charge in [0.25, 0.3) is 0 Å².